The Bertz CT molecular complexity index is 958. The number of nitrogens with one attached hydrogen (secondary N) is 2. The normalized spacial score (nSPS) is 11.3. The van der Waals surface area contributed by atoms with E-state index in [9.17, 15) is 0 Å². The van der Waals surface area contributed by atoms with E-state index in [4.69, 9.17) is 10.1 Å². The van der Waals surface area contributed by atoms with E-state index in [-0.39, 0.29) is 5.90 Å². The van der Waals surface area contributed by atoms with Crippen LogP contribution in [0.15, 0.2) is 66.9 Å². The van der Waals surface area contributed by atoms with Crippen LogP contribution in [0.3, 0.4) is 0 Å². The largest absolute Gasteiger partial charge is 0.478 e. The molecule has 3 rings (SSSR count). The van der Waals surface area contributed by atoms with Gasteiger partial charge in [0, 0.05) is 18.2 Å². The summed E-state index contributed by atoms with van der Waals surface area (Å²) in [5.41, 5.74) is 4.37. The Morgan fingerprint density at radius 3 is 2.53 bits per heavy atom. The minimum absolute atomic E-state index is 0.151. The molecule has 5 nitrogen and oxygen atoms in total. The second-order valence-corrected chi connectivity index (χ2v) is 7.06. The maximum absolute atomic E-state index is 7.94. The zero-order valence-corrected chi connectivity index (χ0v) is 17.8. The lowest BCUT2D eigenvalue weighted by Crippen LogP contribution is -2.25. The summed E-state index contributed by atoms with van der Waals surface area (Å²) in [6.07, 6.45) is 6.15. The van der Waals surface area contributed by atoms with Crippen LogP contribution in [0.2, 0.25) is 0 Å². The molecular formula is C25H30N4O. The highest BCUT2D eigenvalue weighted by molar-refractivity contribution is 5.88. The molecule has 0 aliphatic rings. The molecule has 1 aromatic heterocycles. The van der Waals surface area contributed by atoms with Gasteiger partial charge in [-0.05, 0) is 42.8 Å². The molecule has 30 heavy (non-hydrogen) atoms. The Hall–Kier alpha value is -3.18. The maximum atomic E-state index is 7.94. The van der Waals surface area contributed by atoms with Crippen LogP contribution in [-0.2, 0) is 4.74 Å². The van der Waals surface area contributed by atoms with Gasteiger partial charge in [0.15, 0.2) is 0 Å². The van der Waals surface area contributed by atoms with Gasteiger partial charge in [-0.2, -0.15) is 0 Å². The third-order valence-electron chi connectivity index (χ3n) is 5.04. The van der Waals surface area contributed by atoms with E-state index in [2.05, 4.69) is 65.1 Å². The summed E-state index contributed by atoms with van der Waals surface area (Å²) in [7, 11) is 0. The van der Waals surface area contributed by atoms with Crippen molar-refractivity contribution in [1.29, 1.82) is 5.41 Å². The molecule has 0 radical (unpaired) electrons. The average Bonchev–Trinajstić information content (AvgIpc) is 3.28. The zero-order valence-electron chi connectivity index (χ0n) is 17.8. The number of nitrogens with zero attached hydrogens (tertiary/aromatic N) is 2. The molecule has 0 spiro atoms. The molecule has 1 heterocycles. The minimum Gasteiger partial charge on any atom is -0.478 e. The Morgan fingerprint density at radius 2 is 1.77 bits per heavy atom. The highest BCUT2D eigenvalue weighted by atomic mass is 16.5. The molecule has 0 aliphatic heterocycles. The van der Waals surface area contributed by atoms with Gasteiger partial charge >= 0.3 is 0 Å². The van der Waals surface area contributed by atoms with Crippen molar-refractivity contribution in [3.05, 3.63) is 72.7 Å². The first-order chi connectivity index (χ1) is 14.7. The van der Waals surface area contributed by atoms with E-state index in [0.29, 0.717) is 12.4 Å². The molecule has 2 aromatic carbocycles. The fourth-order valence-corrected chi connectivity index (χ4v) is 3.28. The van der Waals surface area contributed by atoms with E-state index in [0.717, 1.165) is 37.3 Å². The number of aromatic nitrogens is 2. The SMILES string of the molecule is CCN(CC)CCCOC(=N)/C=C\c1ncc(-c2cccc(-c3ccccc3)c2)[nH]1. The lowest BCUT2D eigenvalue weighted by molar-refractivity contribution is 0.243. The fraction of sp³-hybridized carbons (Fsp3) is 0.280. The standard InChI is InChI=1S/C25H30N4O/c1-3-29(4-2)16-9-17-30-24(26)14-15-25-27-19-23(28-25)22-13-8-12-21(18-22)20-10-6-5-7-11-20/h5-8,10-15,18-19,26H,3-4,9,16-17H2,1-2H3,(H,27,28)/b15-14-,26-24?. The van der Waals surface area contributed by atoms with E-state index in [1.165, 1.54) is 11.1 Å². The summed E-state index contributed by atoms with van der Waals surface area (Å²) in [6.45, 7) is 7.95. The third kappa shape index (κ3) is 6.16. The van der Waals surface area contributed by atoms with Crippen molar-refractivity contribution < 1.29 is 4.74 Å². The van der Waals surface area contributed by atoms with Crippen molar-refractivity contribution in [2.75, 3.05) is 26.2 Å². The molecule has 0 bridgehead atoms. The number of rotatable bonds is 10. The van der Waals surface area contributed by atoms with Crippen LogP contribution < -0.4 is 0 Å². The van der Waals surface area contributed by atoms with Gasteiger partial charge < -0.3 is 14.6 Å². The van der Waals surface area contributed by atoms with Crippen molar-refractivity contribution in [1.82, 2.24) is 14.9 Å². The molecule has 2 N–H and O–H groups in total. The maximum Gasteiger partial charge on any atom is 0.205 e. The Balaban J connectivity index is 1.56. The Kier molecular flexibility index (Phi) is 7.98. The van der Waals surface area contributed by atoms with Crippen LogP contribution >= 0.6 is 0 Å². The van der Waals surface area contributed by atoms with Crippen LogP contribution in [0.4, 0.5) is 0 Å². The van der Waals surface area contributed by atoms with Crippen LogP contribution in [0.5, 0.6) is 0 Å². The molecule has 0 saturated carbocycles. The number of hydrogen-bond donors (Lipinski definition) is 2. The molecule has 0 saturated heterocycles. The second kappa shape index (κ2) is 11.1. The quantitative estimate of drug-likeness (QED) is 0.268. The topological polar surface area (TPSA) is 65.0 Å². The molecule has 3 aromatic rings. The predicted octanol–water partition coefficient (Wildman–Crippen LogP) is 5.48. The lowest BCUT2D eigenvalue weighted by atomic mass is 10.0. The van der Waals surface area contributed by atoms with Crippen molar-refractivity contribution >= 4 is 12.0 Å². The number of benzene rings is 2. The van der Waals surface area contributed by atoms with E-state index in [1.54, 1.807) is 12.2 Å². The lowest BCUT2D eigenvalue weighted by Gasteiger charge is -2.17. The summed E-state index contributed by atoms with van der Waals surface area (Å²) < 4.78 is 5.49. The second-order valence-electron chi connectivity index (χ2n) is 7.06. The van der Waals surface area contributed by atoms with Gasteiger partial charge in [-0.15, -0.1) is 0 Å². The van der Waals surface area contributed by atoms with E-state index in [1.807, 2.05) is 24.4 Å². The van der Waals surface area contributed by atoms with Crippen LogP contribution in [-0.4, -0.2) is 47.0 Å². The predicted molar refractivity (Wildman–Crippen MR) is 125 cm³/mol. The molecule has 0 fully saturated rings. The summed E-state index contributed by atoms with van der Waals surface area (Å²) in [5, 5.41) is 7.94. The summed E-state index contributed by atoms with van der Waals surface area (Å²) in [6, 6.07) is 18.7. The van der Waals surface area contributed by atoms with Gasteiger partial charge in [0.05, 0.1) is 18.5 Å². The highest BCUT2D eigenvalue weighted by Crippen LogP contribution is 2.25. The first kappa shape index (κ1) is 21.5. The average molecular weight is 403 g/mol. The van der Waals surface area contributed by atoms with Gasteiger partial charge in [-0.3, -0.25) is 5.41 Å². The molecular weight excluding hydrogens is 372 g/mol. The smallest absolute Gasteiger partial charge is 0.205 e. The number of H-pyrrole nitrogens is 1. The van der Waals surface area contributed by atoms with Crippen molar-refractivity contribution in [2.45, 2.75) is 20.3 Å². The first-order valence-corrected chi connectivity index (χ1v) is 10.5. The van der Waals surface area contributed by atoms with Crippen LogP contribution in [0.1, 0.15) is 26.1 Å². The van der Waals surface area contributed by atoms with Gasteiger partial charge in [0.1, 0.15) is 5.82 Å². The third-order valence-corrected chi connectivity index (χ3v) is 5.04. The molecule has 5 heteroatoms. The van der Waals surface area contributed by atoms with E-state index < -0.39 is 0 Å². The van der Waals surface area contributed by atoms with Crippen LogP contribution in [0, 0.1) is 5.41 Å². The van der Waals surface area contributed by atoms with Gasteiger partial charge in [0.2, 0.25) is 5.90 Å². The molecule has 0 atom stereocenters. The minimum atomic E-state index is 0.151. The fourth-order valence-electron chi connectivity index (χ4n) is 3.28. The molecule has 156 valence electrons. The first-order valence-electron chi connectivity index (χ1n) is 10.5. The number of aromatic amines is 1. The summed E-state index contributed by atoms with van der Waals surface area (Å²) >= 11 is 0. The monoisotopic (exact) mass is 402 g/mol. The van der Waals surface area contributed by atoms with Crippen LogP contribution in [0.25, 0.3) is 28.5 Å². The van der Waals surface area contributed by atoms with Crippen molar-refractivity contribution in [3.8, 4) is 22.4 Å². The number of imidazole rings is 1. The number of hydrogen-bond acceptors (Lipinski definition) is 4. The summed E-state index contributed by atoms with van der Waals surface area (Å²) in [5.74, 6) is 0.852. The highest BCUT2D eigenvalue weighted by Gasteiger charge is 2.05. The Morgan fingerprint density at radius 1 is 1.03 bits per heavy atom. The van der Waals surface area contributed by atoms with Gasteiger partial charge in [0.25, 0.3) is 0 Å². The van der Waals surface area contributed by atoms with Gasteiger partial charge in [-0.25, -0.2) is 4.98 Å². The summed E-state index contributed by atoms with van der Waals surface area (Å²) in [4.78, 5) is 10.1. The number of ether oxygens (including phenoxy) is 1. The molecule has 0 unspecified atom stereocenters. The Labute approximate surface area is 178 Å². The molecule has 0 aliphatic carbocycles. The van der Waals surface area contributed by atoms with E-state index >= 15 is 0 Å². The van der Waals surface area contributed by atoms with Crippen molar-refractivity contribution in [3.63, 3.8) is 0 Å². The molecule has 0 amide bonds. The van der Waals surface area contributed by atoms with Gasteiger partial charge in [-0.1, -0.05) is 62.4 Å². The zero-order chi connectivity index (χ0) is 21.2. The van der Waals surface area contributed by atoms with Crippen molar-refractivity contribution in [2.24, 2.45) is 0 Å².